The third-order valence-corrected chi connectivity index (χ3v) is 1.98. The van der Waals surface area contributed by atoms with Crippen LogP contribution in [-0.4, -0.2) is 19.6 Å². The number of hydrogen-bond acceptors (Lipinski definition) is 3. The van der Waals surface area contributed by atoms with Gasteiger partial charge in [-0.15, -0.1) is 0 Å². The van der Waals surface area contributed by atoms with Crippen molar-refractivity contribution in [3.05, 3.63) is 12.3 Å². The van der Waals surface area contributed by atoms with Crippen molar-refractivity contribution in [2.75, 3.05) is 19.6 Å². The molecule has 70 valence electrons. The molecular weight excluding hydrogens is 150 g/mol. The molecule has 2 rings (SSSR count). The Labute approximate surface area is 74.6 Å². The fraction of sp³-hybridized carbons (Fsp3) is 0.778. The summed E-state index contributed by atoms with van der Waals surface area (Å²) in [6.45, 7) is 3.46. The first kappa shape index (κ1) is 9.55. The largest absolute Gasteiger partial charge is 0.329 e. The van der Waals surface area contributed by atoms with Crippen LogP contribution in [0.3, 0.4) is 0 Å². The molecule has 3 nitrogen and oxygen atoms in total. The maximum atomic E-state index is 3.35. The normalized spacial score (nSPS) is 22.0. The van der Waals surface area contributed by atoms with Crippen molar-refractivity contribution < 1.29 is 0 Å². The second-order valence-corrected chi connectivity index (χ2v) is 3.09. The lowest BCUT2D eigenvalue weighted by Gasteiger charge is -1.91. The number of nitrogens with one attached hydrogen (secondary N) is 3. The van der Waals surface area contributed by atoms with E-state index in [9.17, 15) is 0 Å². The van der Waals surface area contributed by atoms with Crippen LogP contribution >= 0.6 is 0 Å². The Morgan fingerprint density at radius 2 is 1.67 bits per heavy atom. The first-order valence-corrected chi connectivity index (χ1v) is 4.84. The molecule has 0 saturated carbocycles. The van der Waals surface area contributed by atoms with Gasteiger partial charge in [-0.1, -0.05) is 18.9 Å². The highest BCUT2D eigenvalue weighted by atomic mass is 15.4. The van der Waals surface area contributed by atoms with Crippen molar-refractivity contribution >= 4 is 0 Å². The fourth-order valence-electron chi connectivity index (χ4n) is 1.27. The standard InChI is InChI=1S/C6H13N.C3H6N2/c1-2-4-6-7-5-3-1;1-2-4-5-3-1/h7H,1-6H2;1-2,4-5H,3H2. The molecule has 12 heavy (non-hydrogen) atoms. The van der Waals surface area contributed by atoms with Crippen molar-refractivity contribution in [2.45, 2.75) is 25.7 Å². The highest BCUT2D eigenvalue weighted by molar-refractivity contribution is 4.85. The van der Waals surface area contributed by atoms with Crippen LogP contribution in [0, 0.1) is 0 Å². The van der Waals surface area contributed by atoms with Crippen LogP contribution in [-0.2, 0) is 0 Å². The Kier molecular flexibility index (Phi) is 5.67. The van der Waals surface area contributed by atoms with Crippen LogP contribution < -0.4 is 16.2 Å². The first-order valence-electron chi connectivity index (χ1n) is 4.84. The molecule has 0 aromatic carbocycles. The van der Waals surface area contributed by atoms with Gasteiger partial charge in [-0.05, 0) is 25.9 Å². The van der Waals surface area contributed by atoms with Gasteiger partial charge in [0, 0.05) is 12.7 Å². The molecule has 1 fully saturated rings. The molecule has 0 aromatic rings. The molecule has 2 aliphatic heterocycles. The highest BCUT2D eigenvalue weighted by Crippen LogP contribution is 2.00. The molecule has 3 N–H and O–H groups in total. The van der Waals surface area contributed by atoms with E-state index in [1.807, 2.05) is 12.3 Å². The molecule has 2 aliphatic rings. The number of hydrazine groups is 1. The topological polar surface area (TPSA) is 36.1 Å². The van der Waals surface area contributed by atoms with Gasteiger partial charge >= 0.3 is 0 Å². The molecular formula is C9H19N3. The molecule has 0 aliphatic carbocycles. The lowest BCUT2D eigenvalue weighted by atomic mass is 10.2. The van der Waals surface area contributed by atoms with Gasteiger partial charge in [-0.2, -0.15) is 0 Å². The molecule has 1 saturated heterocycles. The SMILES string of the molecule is C1=CNNC1.C1CCCNCC1. The third kappa shape index (κ3) is 5.16. The van der Waals surface area contributed by atoms with E-state index in [0.717, 1.165) is 6.54 Å². The Morgan fingerprint density at radius 1 is 0.917 bits per heavy atom. The Bertz CT molecular complexity index is 97.3. The summed E-state index contributed by atoms with van der Waals surface area (Å²) >= 11 is 0. The van der Waals surface area contributed by atoms with Gasteiger partial charge in [0.25, 0.3) is 0 Å². The molecule has 0 radical (unpaired) electrons. The molecule has 0 amide bonds. The summed E-state index contributed by atoms with van der Waals surface area (Å²) in [6.07, 6.45) is 9.54. The van der Waals surface area contributed by atoms with E-state index < -0.39 is 0 Å². The Morgan fingerprint density at radius 3 is 2.08 bits per heavy atom. The van der Waals surface area contributed by atoms with Gasteiger partial charge in [-0.25, -0.2) is 5.43 Å². The fourth-order valence-corrected chi connectivity index (χ4v) is 1.27. The van der Waals surface area contributed by atoms with E-state index in [1.165, 1.54) is 38.8 Å². The van der Waals surface area contributed by atoms with Gasteiger partial charge in [0.1, 0.15) is 0 Å². The van der Waals surface area contributed by atoms with E-state index in [4.69, 9.17) is 0 Å². The number of rotatable bonds is 0. The zero-order valence-electron chi connectivity index (χ0n) is 7.60. The third-order valence-electron chi connectivity index (χ3n) is 1.98. The monoisotopic (exact) mass is 169 g/mol. The zero-order valence-corrected chi connectivity index (χ0v) is 7.60. The van der Waals surface area contributed by atoms with Gasteiger partial charge < -0.3 is 10.7 Å². The average Bonchev–Trinajstić information content (AvgIpc) is 2.54. The molecule has 2 heterocycles. The summed E-state index contributed by atoms with van der Waals surface area (Å²) < 4.78 is 0. The second kappa shape index (κ2) is 7.13. The van der Waals surface area contributed by atoms with Crippen molar-refractivity contribution in [2.24, 2.45) is 0 Å². The summed E-state index contributed by atoms with van der Waals surface area (Å²) in [5.74, 6) is 0. The van der Waals surface area contributed by atoms with Crippen LogP contribution in [0.2, 0.25) is 0 Å². The van der Waals surface area contributed by atoms with Crippen LogP contribution in [0.4, 0.5) is 0 Å². The summed E-state index contributed by atoms with van der Waals surface area (Å²) in [7, 11) is 0. The maximum absolute atomic E-state index is 3.35. The lowest BCUT2D eigenvalue weighted by Crippen LogP contribution is -2.19. The predicted octanol–water partition coefficient (Wildman–Crippen LogP) is 0.758. The zero-order chi connectivity index (χ0) is 8.49. The highest BCUT2D eigenvalue weighted by Gasteiger charge is 1.94. The van der Waals surface area contributed by atoms with Crippen molar-refractivity contribution in [3.63, 3.8) is 0 Å². The van der Waals surface area contributed by atoms with Crippen LogP contribution in [0.1, 0.15) is 25.7 Å². The molecule has 0 spiro atoms. The van der Waals surface area contributed by atoms with E-state index in [-0.39, 0.29) is 0 Å². The summed E-state index contributed by atoms with van der Waals surface area (Å²) in [5, 5.41) is 3.35. The van der Waals surface area contributed by atoms with Gasteiger partial charge in [0.05, 0.1) is 0 Å². The molecule has 0 atom stereocenters. The van der Waals surface area contributed by atoms with Crippen LogP contribution in [0.25, 0.3) is 0 Å². The van der Waals surface area contributed by atoms with Crippen LogP contribution in [0.5, 0.6) is 0 Å². The molecule has 3 heteroatoms. The van der Waals surface area contributed by atoms with Gasteiger partial charge in [-0.3, -0.25) is 0 Å². The minimum absolute atomic E-state index is 0.958. The van der Waals surface area contributed by atoms with Crippen molar-refractivity contribution in [1.82, 2.24) is 16.2 Å². The minimum Gasteiger partial charge on any atom is -0.329 e. The summed E-state index contributed by atoms with van der Waals surface area (Å²) in [6, 6.07) is 0. The van der Waals surface area contributed by atoms with E-state index in [2.05, 4.69) is 16.2 Å². The Balaban J connectivity index is 0.000000127. The van der Waals surface area contributed by atoms with Gasteiger partial charge in [0.15, 0.2) is 0 Å². The lowest BCUT2D eigenvalue weighted by molar-refractivity contribution is 0.702. The quantitative estimate of drug-likeness (QED) is 0.501. The predicted molar refractivity (Wildman–Crippen MR) is 51.6 cm³/mol. The van der Waals surface area contributed by atoms with Crippen molar-refractivity contribution in [3.8, 4) is 0 Å². The van der Waals surface area contributed by atoms with E-state index in [0.29, 0.717) is 0 Å². The van der Waals surface area contributed by atoms with E-state index >= 15 is 0 Å². The number of hydrogen-bond donors (Lipinski definition) is 3. The second-order valence-electron chi connectivity index (χ2n) is 3.09. The van der Waals surface area contributed by atoms with Crippen LogP contribution in [0.15, 0.2) is 12.3 Å². The minimum atomic E-state index is 0.958. The molecule has 0 aromatic heterocycles. The van der Waals surface area contributed by atoms with E-state index in [1.54, 1.807) is 0 Å². The average molecular weight is 169 g/mol. The van der Waals surface area contributed by atoms with Crippen molar-refractivity contribution in [1.29, 1.82) is 0 Å². The smallest absolute Gasteiger partial charge is 0.0345 e. The molecule has 0 bridgehead atoms. The summed E-state index contributed by atoms with van der Waals surface area (Å²) in [4.78, 5) is 0. The summed E-state index contributed by atoms with van der Waals surface area (Å²) in [5.41, 5.74) is 5.65. The molecule has 0 unspecified atom stereocenters. The Hall–Kier alpha value is -0.540. The maximum Gasteiger partial charge on any atom is 0.0345 e. The first-order chi connectivity index (χ1) is 6.00. The van der Waals surface area contributed by atoms with Gasteiger partial charge in [0.2, 0.25) is 0 Å².